The average Bonchev–Trinajstić information content (AvgIpc) is 2.59. The van der Waals surface area contributed by atoms with E-state index in [0.29, 0.717) is 11.1 Å². The number of esters is 1. The number of aryl methyl sites for hydroxylation is 1. The van der Waals surface area contributed by atoms with Gasteiger partial charge in [0.05, 0.1) is 16.7 Å². The summed E-state index contributed by atoms with van der Waals surface area (Å²) in [5.74, 6) is 4.70. The highest BCUT2D eigenvalue weighted by atomic mass is 35.5. The van der Waals surface area contributed by atoms with Crippen LogP contribution in [0.1, 0.15) is 37.8 Å². The maximum absolute atomic E-state index is 12.1. The van der Waals surface area contributed by atoms with Gasteiger partial charge in [-0.2, -0.15) is 0 Å². The molecule has 1 heterocycles. The molecule has 0 radical (unpaired) electrons. The number of hydrogen-bond acceptors (Lipinski definition) is 5. The van der Waals surface area contributed by atoms with E-state index in [-0.39, 0.29) is 39.8 Å². The third-order valence-corrected chi connectivity index (χ3v) is 4.04. The molecule has 0 aliphatic rings. The van der Waals surface area contributed by atoms with Crippen molar-refractivity contribution in [3.63, 3.8) is 0 Å². The van der Waals surface area contributed by atoms with Crippen LogP contribution in [0.15, 0.2) is 23.0 Å². The maximum atomic E-state index is 12.1. The van der Waals surface area contributed by atoms with E-state index < -0.39 is 5.97 Å². The summed E-state index contributed by atoms with van der Waals surface area (Å²) in [5.41, 5.74) is 0.799. The SMILES string of the molecule is CCOC(=O)C#Cc1cc(Cl)c(Oc2cc(C(C)C)c(=O)n(C)n2)c(Cl)c1. The Morgan fingerprint density at radius 3 is 2.44 bits per heavy atom. The summed E-state index contributed by atoms with van der Waals surface area (Å²) >= 11 is 12.5. The van der Waals surface area contributed by atoms with E-state index in [1.165, 1.54) is 16.8 Å². The van der Waals surface area contributed by atoms with E-state index in [0.717, 1.165) is 0 Å². The van der Waals surface area contributed by atoms with E-state index in [9.17, 15) is 9.59 Å². The second kappa shape index (κ2) is 8.94. The molecule has 27 heavy (non-hydrogen) atoms. The van der Waals surface area contributed by atoms with Crippen LogP contribution in [0.2, 0.25) is 10.0 Å². The van der Waals surface area contributed by atoms with Crippen LogP contribution in [0, 0.1) is 11.8 Å². The number of hydrogen-bond donors (Lipinski definition) is 0. The lowest BCUT2D eigenvalue weighted by atomic mass is 10.1. The van der Waals surface area contributed by atoms with Crippen molar-refractivity contribution in [2.45, 2.75) is 26.7 Å². The van der Waals surface area contributed by atoms with Gasteiger partial charge in [-0.25, -0.2) is 9.48 Å². The molecule has 0 aliphatic heterocycles. The quantitative estimate of drug-likeness (QED) is 0.566. The van der Waals surface area contributed by atoms with E-state index in [4.69, 9.17) is 32.7 Å². The standard InChI is InChI=1S/C19H18Cl2N2O4/c1-5-26-17(24)7-6-12-8-14(20)18(15(21)9-12)27-16-10-13(11(2)3)19(25)23(4)22-16/h8-11H,5H2,1-4H3. The highest BCUT2D eigenvalue weighted by molar-refractivity contribution is 6.37. The Bertz CT molecular complexity index is 964. The van der Waals surface area contributed by atoms with Crippen molar-refractivity contribution >= 4 is 29.2 Å². The molecular weight excluding hydrogens is 391 g/mol. The number of ether oxygens (including phenoxy) is 2. The van der Waals surface area contributed by atoms with Gasteiger partial charge in [-0.3, -0.25) is 4.79 Å². The number of rotatable bonds is 4. The summed E-state index contributed by atoms with van der Waals surface area (Å²) in [7, 11) is 1.54. The fourth-order valence-electron chi connectivity index (χ4n) is 2.19. The molecule has 0 amide bonds. The second-order valence-electron chi connectivity index (χ2n) is 5.86. The Morgan fingerprint density at radius 2 is 1.89 bits per heavy atom. The van der Waals surface area contributed by atoms with Gasteiger partial charge in [0.1, 0.15) is 0 Å². The van der Waals surface area contributed by atoms with Crippen molar-refractivity contribution in [1.82, 2.24) is 9.78 Å². The third kappa shape index (κ3) is 5.25. The number of halogens is 2. The molecule has 8 heteroatoms. The zero-order valence-corrected chi connectivity index (χ0v) is 16.8. The van der Waals surface area contributed by atoms with Crippen LogP contribution in [-0.4, -0.2) is 22.4 Å². The Balaban J connectivity index is 2.36. The Hall–Kier alpha value is -2.49. The lowest BCUT2D eigenvalue weighted by Gasteiger charge is -2.12. The molecule has 0 saturated carbocycles. The third-order valence-electron chi connectivity index (χ3n) is 3.48. The molecule has 0 saturated heterocycles. The molecule has 0 bridgehead atoms. The second-order valence-corrected chi connectivity index (χ2v) is 6.68. The van der Waals surface area contributed by atoms with E-state index in [1.807, 2.05) is 13.8 Å². The molecule has 0 spiro atoms. The fraction of sp³-hybridized carbons (Fsp3) is 0.316. The van der Waals surface area contributed by atoms with Crippen molar-refractivity contribution < 1.29 is 14.3 Å². The normalized spacial score (nSPS) is 10.3. The van der Waals surface area contributed by atoms with Crippen LogP contribution in [0.3, 0.4) is 0 Å². The molecular formula is C19H18Cl2N2O4. The minimum absolute atomic E-state index is 0.000482. The zero-order valence-electron chi connectivity index (χ0n) is 15.3. The Labute approximate surface area is 167 Å². The van der Waals surface area contributed by atoms with Gasteiger partial charge in [0.25, 0.3) is 5.56 Å². The topological polar surface area (TPSA) is 70.4 Å². The van der Waals surface area contributed by atoms with Crippen molar-refractivity contribution in [1.29, 1.82) is 0 Å². The van der Waals surface area contributed by atoms with E-state index in [2.05, 4.69) is 16.9 Å². The molecule has 0 N–H and O–H groups in total. The monoisotopic (exact) mass is 408 g/mol. The molecule has 1 aromatic carbocycles. The molecule has 0 unspecified atom stereocenters. The molecule has 142 valence electrons. The van der Waals surface area contributed by atoms with Gasteiger partial charge in [-0.05, 0) is 25.0 Å². The minimum Gasteiger partial charge on any atom is -0.456 e. The lowest BCUT2D eigenvalue weighted by molar-refractivity contribution is -0.136. The summed E-state index contributed by atoms with van der Waals surface area (Å²) < 4.78 is 11.7. The number of benzene rings is 1. The van der Waals surface area contributed by atoms with Crippen LogP contribution in [0.5, 0.6) is 11.6 Å². The van der Waals surface area contributed by atoms with Crippen LogP contribution >= 0.6 is 23.2 Å². The Kier molecular flexibility index (Phi) is 6.89. The molecule has 6 nitrogen and oxygen atoms in total. The van der Waals surface area contributed by atoms with Gasteiger partial charge >= 0.3 is 5.97 Å². The number of aromatic nitrogens is 2. The molecule has 1 aromatic heterocycles. The van der Waals surface area contributed by atoms with Crippen LogP contribution in [0.25, 0.3) is 0 Å². The van der Waals surface area contributed by atoms with Crippen molar-refractivity contribution in [3.05, 3.63) is 49.7 Å². The Morgan fingerprint density at radius 1 is 1.26 bits per heavy atom. The van der Waals surface area contributed by atoms with Crippen molar-refractivity contribution in [2.75, 3.05) is 6.61 Å². The van der Waals surface area contributed by atoms with Gasteiger partial charge in [-0.1, -0.05) is 43.0 Å². The predicted molar refractivity (Wildman–Crippen MR) is 104 cm³/mol. The van der Waals surface area contributed by atoms with Crippen molar-refractivity contribution in [2.24, 2.45) is 7.05 Å². The van der Waals surface area contributed by atoms with Gasteiger partial charge in [0, 0.05) is 30.2 Å². The average molecular weight is 409 g/mol. The molecule has 0 fully saturated rings. The first-order valence-corrected chi connectivity index (χ1v) is 8.92. The lowest BCUT2D eigenvalue weighted by Crippen LogP contribution is -2.24. The summed E-state index contributed by atoms with van der Waals surface area (Å²) in [5, 5.41) is 4.46. The van der Waals surface area contributed by atoms with Crippen LogP contribution in [0.4, 0.5) is 0 Å². The molecule has 0 atom stereocenters. The number of carbonyl (C=O) groups is 1. The first kappa shape index (κ1) is 20.8. The largest absolute Gasteiger partial charge is 0.456 e. The number of nitrogens with zero attached hydrogens (tertiary/aromatic N) is 2. The highest BCUT2D eigenvalue weighted by Crippen LogP contribution is 2.36. The van der Waals surface area contributed by atoms with Gasteiger partial charge < -0.3 is 9.47 Å². The number of carbonyl (C=O) groups excluding carboxylic acids is 1. The predicted octanol–water partition coefficient (Wildman–Crippen LogP) is 3.92. The highest BCUT2D eigenvalue weighted by Gasteiger charge is 2.15. The van der Waals surface area contributed by atoms with Gasteiger partial charge in [0.2, 0.25) is 5.88 Å². The van der Waals surface area contributed by atoms with Crippen molar-refractivity contribution in [3.8, 4) is 23.5 Å². The summed E-state index contributed by atoms with van der Waals surface area (Å²) in [6.07, 6.45) is 0. The summed E-state index contributed by atoms with van der Waals surface area (Å²) in [4.78, 5) is 23.4. The van der Waals surface area contributed by atoms with E-state index in [1.54, 1.807) is 20.0 Å². The smallest absolute Gasteiger partial charge is 0.384 e. The first-order chi connectivity index (χ1) is 12.7. The van der Waals surface area contributed by atoms with Gasteiger partial charge in [0.15, 0.2) is 5.75 Å². The summed E-state index contributed by atoms with van der Waals surface area (Å²) in [6.45, 7) is 5.74. The molecule has 2 aromatic rings. The zero-order chi connectivity index (χ0) is 20.1. The molecule has 2 rings (SSSR count). The van der Waals surface area contributed by atoms with Crippen LogP contribution in [-0.2, 0) is 16.6 Å². The van der Waals surface area contributed by atoms with Gasteiger partial charge in [-0.15, -0.1) is 5.10 Å². The maximum Gasteiger partial charge on any atom is 0.384 e. The fourth-order valence-corrected chi connectivity index (χ4v) is 2.76. The van der Waals surface area contributed by atoms with E-state index >= 15 is 0 Å². The molecule has 0 aliphatic carbocycles. The summed E-state index contributed by atoms with van der Waals surface area (Å²) in [6, 6.07) is 4.59. The first-order valence-electron chi connectivity index (χ1n) is 8.16. The van der Waals surface area contributed by atoms with Crippen LogP contribution < -0.4 is 10.3 Å². The minimum atomic E-state index is -0.638.